The predicted octanol–water partition coefficient (Wildman–Crippen LogP) is 2.85. The summed E-state index contributed by atoms with van der Waals surface area (Å²) in [5.41, 5.74) is 0.812. The number of hydrogen-bond acceptors (Lipinski definition) is 2. The van der Waals surface area contributed by atoms with Crippen LogP contribution < -0.4 is 0 Å². The molecule has 0 bridgehead atoms. The summed E-state index contributed by atoms with van der Waals surface area (Å²) < 4.78 is 0.846. The van der Waals surface area contributed by atoms with E-state index >= 15 is 0 Å². The quantitative estimate of drug-likeness (QED) is 0.733. The van der Waals surface area contributed by atoms with Crippen molar-refractivity contribution in [1.82, 2.24) is 0 Å². The number of carbonyl (C=O) groups is 2. The zero-order valence-electron chi connectivity index (χ0n) is 8.20. The summed E-state index contributed by atoms with van der Waals surface area (Å²) in [6.07, 6.45) is 1.76. The second-order valence-electron chi connectivity index (χ2n) is 3.74. The van der Waals surface area contributed by atoms with Gasteiger partial charge in [-0.25, -0.2) is 0 Å². The molecule has 1 fully saturated rings. The Morgan fingerprint density at radius 3 is 2.27 bits per heavy atom. The molecular weight excluding hydrogens is 256 g/mol. The van der Waals surface area contributed by atoms with E-state index in [2.05, 4.69) is 15.9 Å². The fraction of sp³-hybridized carbons (Fsp3) is 0.333. The molecule has 0 atom stereocenters. The van der Waals surface area contributed by atoms with Crippen molar-refractivity contribution in [1.29, 1.82) is 0 Å². The van der Waals surface area contributed by atoms with Crippen molar-refractivity contribution in [2.24, 2.45) is 0 Å². The van der Waals surface area contributed by atoms with Crippen molar-refractivity contribution in [3.8, 4) is 0 Å². The molecule has 0 aliphatic heterocycles. The lowest BCUT2D eigenvalue weighted by molar-refractivity contribution is -0.131. The highest BCUT2D eigenvalue weighted by atomic mass is 79.9. The van der Waals surface area contributed by atoms with Crippen molar-refractivity contribution in [3.05, 3.63) is 34.3 Å². The van der Waals surface area contributed by atoms with Gasteiger partial charge >= 0.3 is 0 Å². The molecule has 0 heterocycles. The molecule has 0 saturated heterocycles. The van der Waals surface area contributed by atoms with Crippen molar-refractivity contribution in [2.75, 3.05) is 0 Å². The monoisotopic (exact) mass is 266 g/mol. The van der Waals surface area contributed by atoms with Crippen LogP contribution in [0.15, 0.2) is 28.7 Å². The molecule has 0 unspecified atom stereocenters. The average molecular weight is 267 g/mol. The molecule has 1 aromatic carbocycles. The highest BCUT2D eigenvalue weighted by Gasteiger charge is 2.32. The maximum absolute atomic E-state index is 11.7. The van der Waals surface area contributed by atoms with Crippen LogP contribution >= 0.6 is 15.9 Å². The van der Waals surface area contributed by atoms with Gasteiger partial charge in [-0.1, -0.05) is 34.1 Å². The summed E-state index contributed by atoms with van der Waals surface area (Å²) in [4.78, 5) is 23.4. The van der Waals surface area contributed by atoms with Gasteiger partial charge in [0.1, 0.15) is 17.5 Å². The minimum Gasteiger partial charge on any atom is -0.299 e. The molecule has 0 radical (unpaired) electrons. The van der Waals surface area contributed by atoms with Gasteiger partial charge in [0.25, 0.3) is 0 Å². The van der Waals surface area contributed by atoms with Gasteiger partial charge in [-0.05, 0) is 18.1 Å². The van der Waals surface area contributed by atoms with E-state index in [-0.39, 0.29) is 11.6 Å². The molecule has 0 N–H and O–H groups in total. The first-order valence-electron chi connectivity index (χ1n) is 5.00. The van der Waals surface area contributed by atoms with Gasteiger partial charge in [0.2, 0.25) is 0 Å². The summed E-state index contributed by atoms with van der Waals surface area (Å²) in [6.45, 7) is 0. The largest absolute Gasteiger partial charge is 0.299 e. The van der Waals surface area contributed by atoms with E-state index in [0.29, 0.717) is 19.3 Å². The third-order valence-electron chi connectivity index (χ3n) is 2.71. The van der Waals surface area contributed by atoms with Crippen LogP contribution in [0.2, 0.25) is 0 Å². The Kier molecular flexibility index (Phi) is 3.00. The zero-order chi connectivity index (χ0) is 10.8. The average Bonchev–Trinajstić information content (AvgIpc) is 2.20. The Balaban J connectivity index is 2.40. The second-order valence-corrected chi connectivity index (χ2v) is 4.60. The summed E-state index contributed by atoms with van der Waals surface area (Å²) in [5, 5.41) is 0. The highest BCUT2D eigenvalue weighted by Crippen LogP contribution is 2.31. The van der Waals surface area contributed by atoms with Crippen LogP contribution in [0.4, 0.5) is 0 Å². The van der Waals surface area contributed by atoms with E-state index < -0.39 is 5.92 Å². The number of hydrogen-bond donors (Lipinski definition) is 0. The van der Waals surface area contributed by atoms with Crippen LogP contribution in [0.1, 0.15) is 30.7 Å². The first kappa shape index (κ1) is 10.6. The van der Waals surface area contributed by atoms with Crippen LogP contribution in [-0.2, 0) is 9.59 Å². The van der Waals surface area contributed by atoms with Crippen LogP contribution in [0.25, 0.3) is 0 Å². The summed E-state index contributed by atoms with van der Waals surface area (Å²) in [7, 11) is 0. The Morgan fingerprint density at radius 1 is 1.07 bits per heavy atom. The van der Waals surface area contributed by atoms with E-state index in [1.807, 2.05) is 24.3 Å². The van der Waals surface area contributed by atoms with Gasteiger partial charge < -0.3 is 0 Å². The maximum atomic E-state index is 11.7. The lowest BCUT2D eigenvalue weighted by atomic mass is 9.82. The molecule has 78 valence electrons. The van der Waals surface area contributed by atoms with Crippen molar-refractivity contribution < 1.29 is 9.59 Å². The Labute approximate surface area is 96.8 Å². The number of carbonyl (C=O) groups excluding carboxylic acids is 2. The van der Waals surface area contributed by atoms with Gasteiger partial charge in [0, 0.05) is 17.3 Å². The smallest absolute Gasteiger partial charge is 0.147 e. The number of rotatable bonds is 1. The van der Waals surface area contributed by atoms with E-state index in [9.17, 15) is 9.59 Å². The molecule has 0 aromatic heterocycles. The van der Waals surface area contributed by atoms with Crippen LogP contribution in [0.3, 0.4) is 0 Å². The molecule has 1 aliphatic carbocycles. The van der Waals surface area contributed by atoms with Gasteiger partial charge in [-0.3, -0.25) is 9.59 Å². The third kappa shape index (κ3) is 2.02. The molecular formula is C12H11BrO2. The van der Waals surface area contributed by atoms with E-state index in [4.69, 9.17) is 0 Å². The fourth-order valence-corrected chi connectivity index (χ4v) is 2.47. The number of halogens is 1. The molecule has 15 heavy (non-hydrogen) atoms. The zero-order valence-corrected chi connectivity index (χ0v) is 9.79. The topological polar surface area (TPSA) is 34.1 Å². The van der Waals surface area contributed by atoms with Crippen molar-refractivity contribution in [2.45, 2.75) is 25.2 Å². The van der Waals surface area contributed by atoms with Gasteiger partial charge in [0.05, 0.1) is 0 Å². The first-order chi connectivity index (χ1) is 7.20. The molecule has 0 amide bonds. The minimum absolute atomic E-state index is 0.0538. The molecule has 1 saturated carbocycles. The Bertz CT molecular complexity index is 396. The van der Waals surface area contributed by atoms with Crippen molar-refractivity contribution >= 4 is 27.5 Å². The maximum Gasteiger partial charge on any atom is 0.147 e. The van der Waals surface area contributed by atoms with E-state index in [1.165, 1.54) is 0 Å². The van der Waals surface area contributed by atoms with Crippen molar-refractivity contribution in [3.63, 3.8) is 0 Å². The third-order valence-corrected chi connectivity index (χ3v) is 3.43. The van der Waals surface area contributed by atoms with Crippen LogP contribution in [-0.4, -0.2) is 11.6 Å². The molecule has 0 spiro atoms. The van der Waals surface area contributed by atoms with E-state index in [0.717, 1.165) is 10.0 Å². The SMILES string of the molecule is O=C1CCCC(=O)C1c1ccccc1Br. The number of ketones is 2. The highest BCUT2D eigenvalue weighted by molar-refractivity contribution is 9.10. The Hall–Kier alpha value is -0.960. The minimum atomic E-state index is -0.533. The van der Waals surface area contributed by atoms with Crippen LogP contribution in [0.5, 0.6) is 0 Å². The molecule has 2 nitrogen and oxygen atoms in total. The van der Waals surface area contributed by atoms with Gasteiger partial charge in [0.15, 0.2) is 0 Å². The molecule has 2 rings (SSSR count). The summed E-state index contributed by atoms with van der Waals surface area (Å²) in [6, 6.07) is 7.45. The molecule has 3 heteroatoms. The lowest BCUT2D eigenvalue weighted by Gasteiger charge is -2.20. The standard InChI is InChI=1S/C12H11BrO2/c13-9-5-2-1-4-8(9)12-10(14)6-3-7-11(12)15/h1-2,4-5,12H,3,6-7H2. The molecule has 1 aromatic rings. The first-order valence-corrected chi connectivity index (χ1v) is 5.79. The Morgan fingerprint density at radius 2 is 1.67 bits per heavy atom. The lowest BCUT2D eigenvalue weighted by Crippen LogP contribution is -2.26. The fourth-order valence-electron chi connectivity index (χ4n) is 1.96. The predicted molar refractivity (Wildman–Crippen MR) is 60.7 cm³/mol. The van der Waals surface area contributed by atoms with Crippen LogP contribution in [0, 0.1) is 0 Å². The van der Waals surface area contributed by atoms with Gasteiger partial charge in [-0.2, -0.15) is 0 Å². The normalized spacial score (nSPS) is 18.2. The summed E-state index contributed by atoms with van der Waals surface area (Å²) >= 11 is 3.38. The van der Waals surface area contributed by atoms with E-state index in [1.54, 1.807) is 0 Å². The summed E-state index contributed by atoms with van der Waals surface area (Å²) in [5.74, 6) is -0.425. The molecule has 1 aliphatic rings. The number of benzene rings is 1. The second kappa shape index (κ2) is 4.27. The van der Waals surface area contributed by atoms with Gasteiger partial charge in [-0.15, -0.1) is 0 Å². The number of Topliss-reactive ketones (excluding diaryl/α,β-unsaturated/α-hetero) is 2.